The molecule has 2 bridgehead atoms. The number of rotatable bonds is 2. The van der Waals surface area contributed by atoms with Crippen molar-refractivity contribution in [3.05, 3.63) is 35.9 Å². The standard InChI is InChI=1S/C17H22O/c1-16(2)14-9-10-17(16,3)15(18)13(14)11-12-7-5-4-6-8-12/h4-8,13-14H,9-11H2,1-3H3/t13-,14+,17+/m1/s1. The fourth-order valence-corrected chi connectivity index (χ4v) is 4.38. The van der Waals surface area contributed by atoms with Gasteiger partial charge in [0.05, 0.1) is 0 Å². The second-order valence-electron chi connectivity index (χ2n) is 6.86. The highest BCUT2D eigenvalue weighted by Crippen LogP contribution is 2.66. The molecule has 18 heavy (non-hydrogen) atoms. The Morgan fingerprint density at radius 1 is 1.17 bits per heavy atom. The van der Waals surface area contributed by atoms with Crippen LogP contribution >= 0.6 is 0 Å². The first kappa shape index (κ1) is 12.0. The summed E-state index contributed by atoms with van der Waals surface area (Å²) >= 11 is 0. The zero-order chi connectivity index (χ0) is 13.0. The van der Waals surface area contributed by atoms with E-state index in [-0.39, 0.29) is 16.7 Å². The number of ketones is 1. The van der Waals surface area contributed by atoms with E-state index in [1.807, 2.05) is 6.07 Å². The van der Waals surface area contributed by atoms with Crippen LogP contribution in [0.4, 0.5) is 0 Å². The van der Waals surface area contributed by atoms with Gasteiger partial charge in [0.2, 0.25) is 0 Å². The van der Waals surface area contributed by atoms with Crippen molar-refractivity contribution in [1.82, 2.24) is 0 Å². The quantitative estimate of drug-likeness (QED) is 0.769. The molecule has 2 aliphatic rings. The van der Waals surface area contributed by atoms with Crippen molar-refractivity contribution in [3.8, 4) is 0 Å². The van der Waals surface area contributed by atoms with Crippen LogP contribution in [0.25, 0.3) is 0 Å². The number of hydrogen-bond donors (Lipinski definition) is 0. The van der Waals surface area contributed by atoms with Crippen LogP contribution in [0.2, 0.25) is 0 Å². The first-order valence-electron chi connectivity index (χ1n) is 7.05. The van der Waals surface area contributed by atoms with Gasteiger partial charge in [-0.25, -0.2) is 0 Å². The summed E-state index contributed by atoms with van der Waals surface area (Å²) in [4.78, 5) is 12.7. The van der Waals surface area contributed by atoms with Gasteiger partial charge in [0.25, 0.3) is 0 Å². The predicted octanol–water partition coefficient (Wildman–Crippen LogP) is 3.87. The molecule has 0 heterocycles. The van der Waals surface area contributed by atoms with Crippen LogP contribution in [0.3, 0.4) is 0 Å². The van der Waals surface area contributed by atoms with Crippen molar-refractivity contribution in [1.29, 1.82) is 0 Å². The summed E-state index contributed by atoms with van der Waals surface area (Å²) in [6.45, 7) is 6.79. The molecule has 3 rings (SSSR count). The Bertz CT molecular complexity index is 474. The van der Waals surface area contributed by atoms with Crippen molar-refractivity contribution in [2.75, 3.05) is 0 Å². The van der Waals surface area contributed by atoms with Crippen molar-refractivity contribution in [3.63, 3.8) is 0 Å². The molecule has 2 aliphatic carbocycles. The van der Waals surface area contributed by atoms with Gasteiger partial charge in [-0.05, 0) is 36.2 Å². The molecule has 1 aromatic rings. The summed E-state index contributed by atoms with van der Waals surface area (Å²) in [6.07, 6.45) is 3.25. The fourth-order valence-electron chi connectivity index (χ4n) is 4.38. The molecule has 1 aromatic carbocycles. The highest BCUT2D eigenvalue weighted by atomic mass is 16.1. The average molecular weight is 242 g/mol. The number of carbonyl (C=O) groups excluding carboxylic acids is 1. The number of carbonyl (C=O) groups is 1. The van der Waals surface area contributed by atoms with Crippen LogP contribution in [-0.2, 0) is 11.2 Å². The molecule has 0 aliphatic heterocycles. The Kier molecular flexibility index (Phi) is 2.45. The van der Waals surface area contributed by atoms with E-state index in [0.29, 0.717) is 11.7 Å². The highest BCUT2D eigenvalue weighted by molar-refractivity contribution is 5.91. The smallest absolute Gasteiger partial charge is 0.142 e. The normalized spacial score (nSPS) is 37.2. The van der Waals surface area contributed by atoms with Crippen molar-refractivity contribution in [2.24, 2.45) is 22.7 Å². The van der Waals surface area contributed by atoms with Crippen LogP contribution < -0.4 is 0 Å². The van der Waals surface area contributed by atoms with Gasteiger partial charge < -0.3 is 0 Å². The third-order valence-electron chi connectivity index (χ3n) is 5.97. The lowest BCUT2D eigenvalue weighted by atomic mass is 9.70. The van der Waals surface area contributed by atoms with Gasteiger partial charge in [0, 0.05) is 11.3 Å². The predicted molar refractivity (Wildman–Crippen MR) is 73.3 cm³/mol. The summed E-state index contributed by atoms with van der Waals surface area (Å²) in [6, 6.07) is 10.5. The fraction of sp³-hybridized carbons (Fsp3) is 0.588. The minimum atomic E-state index is -0.0723. The average Bonchev–Trinajstić information content (AvgIpc) is 2.65. The summed E-state index contributed by atoms with van der Waals surface area (Å²) in [5.74, 6) is 1.35. The molecule has 0 N–H and O–H groups in total. The SMILES string of the molecule is CC1(C)[C@H]2CC[C@@]1(C)C(=O)[C@@H]2Cc1ccccc1. The third kappa shape index (κ3) is 1.36. The van der Waals surface area contributed by atoms with E-state index < -0.39 is 0 Å². The van der Waals surface area contributed by atoms with E-state index >= 15 is 0 Å². The van der Waals surface area contributed by atoms with Crippen LogP contribution in [0, 0.1) is 22.7 Å². The molecule has 0 saturated heterocycles. The molecule has 0 radical (unpaired) electrons. The van der Waals surface area contributed by atoms with E-state index in [2.05, 4.69) is 45.0 Å². The summed E-state index contributed by atoms with van der Waals surface area (Å²) < 4.78 is 0. The molecule has 0 spiro atoms. The Labute approximate surface area is 110 Å². The molecule has 2 saturated carbocycles. The summed E-state index contributed by atoms with van der Waals surface area (Å²) in [5.41, 5.74) is 1.42. The van der Waals surface area contributed by atoms with E-state index in [9.17, 15) is 4.79 Å². The molecule has 1 nitrogen and oxygen atoms in total. The van der Waals surface area contributed by atoms with Gasteiger partial charge in [0.15, 0.2) is 0 Å². The highest BCUT2D eigenvalue weighted by Gasteiger charge is 2.65. The Hall–Kier alpha value is -1.11. The monoisotopic (exact) mass is 242 g/mol. The van der Waals surface area contributed by atoms with Gasteiger partial charge >= 0.3 is 0 Å². The van der Waals surface area contributed by atoms with Gasteiger partial charge in [-0.1, -0.05) is 51.1 Å². The van der Waals surface area contributed by atoms with E-state index in [1.165, 1.54) is 12.0 Å². The molecular weight excluding hydrogens is 220 g/mol. The number of Topliss-reactive ketones (excluding diaryl/α,β-unsaturated/α-hetero) is 1. The van der Waals surface area contributed by atoms with Crippen LogP contribution in [0.15, 0.2) is 30.3 Å². The zero-order valence-corrected chi connectivity index (χ0v) is 11.6. The largest absolute Gasteiger partial charge is 0.299 e. The maximum absolute atomic E-state index is 12.7. The van der Waals surface area contributed by atoms with E-state index in [1.54, 1.807) is 0 Å². The minimum Gasteiger partial charge on any atom is -0.299 e. The summed E-state index contributed by atoms with van der Waals surface area (Å²) in [5, 5.41) is 0. The lowest BCUT2D eigenvalue weighted by molar-refractivity contribution is -0.131. The minimum absolute atomic E-state index is 0.0723. The van der Waals surface area contributed by atoms with E-state index in [4.69, 9.17) is 0 Å². The lowest BCUT2D eigenvalue weighted by Crippen LogP contribution is -2.33. The molecule has 1 heteroatoms. The van der Waals surface area contributed by atoms with Crippen molar-refractivity contribution in [2.45, 2.75) is 40.0 Å². The molecule has 0 aromatic heterocycles. The van der Waals surface area contributed by atoms with E-state index in [0.717, 1.165) is 12.8 Å². The first-order valence-corrected chi connectivity index (χ1v) is 7.05. The second-order valence-corrected chi connectivity index (χ2v) is 6.86. The van der Waals surface area contributed by atoms with Gasteiger partial charge in [0.1, 0.15) is 5.78 Å². The van der Waals surface area contributed by atoms with Gasteiger partial charge in [-0.15, -0.1) is 0 Å². The molecule has 0 amide bonds. The number of hydrogen-bond acceptors (Lipinski definition) is 1. The molecule has 3 atom stereocenters. The maximum atomic E-state index is 12.7. The first-order chi connectivity index (χ1) is 8.47. The number of benzene rings is 1. The second kappa shape index (κ2) is 3.69. The molecule has 0 unspecified atom stereocenters. The van der Waals surface area contributed by atoms with Gasteiger partial charge in [-0.2, -0.15) is 0 Å². The molecular formula is C17H22O. The molecule has 96 valence electrons. The number of fused-ring (bicyclic) bond motifs is 2. The zero-order valence-electron chi connectivity index (χ0n) is 11.6. The Morgan fingerprint density at radius 2 is 1.83 bits per heavy atom. The van der Waals surface area contributed by atoms with Crippen LogP contribution in [0.1, 0.15) is 39.2 Å². The Balaban J connectivity index is 1.90. The van der Waals surface area contributed by atoms with Crippen molar-refractivity contribution < 1.29 is 4.79 Å². The Morgan fingerprint density at radius 3 is 2.39 bits per heavy atom. The topological polar surface area (TPSA) is 17.1 Å². The lowest BCUT2D eigenvalue weighted by Gasteiger charge is -2.32. The maximum Gasteiger partial charge on any atom is 0.142 e. The van der Waals surface area contributed by atoms with Gasteiger partial charge in [-0.3, -0.25) is 4.79 Å². The van der Waals surface area contributed by atoms with Crippen LogP contribution in [-0.4, -0.2) is 5.78 Å². The third-order valence-corrected chi connectivity index (χ3v) is 5.97. The van der Waals surface area contributed by atoms with Crippen LogP contribution in [0.5, 0.6) is 0 Å². The molecule has 2 fully saturated rings. The van der Waals surface area contributed by atoms with Crippen molar-refractivity contribution >= 4 is 5.78 Å². The summed E-state index contributed by atoms with van der Waals surface area (Å²) in [7, 11) is 0.